The number of nitrogens with zero attached hydrogens (tertiary/aromatic N) is 4. The topological polar surface area (TPSA) is 123 Å². The highest BCUT2D eigenvalue weighted by atomic mass is 19.4. The van der Waals surface area contributed by atoms with E-state index in [2.05, 4.69) is 36.1 Å². The molecule has 0 aliphatic carbocycles. The van der Waals surface area contributed by atoms with E-state index in [1.54, 1.807) is 19.1 Å². The third-order valence-corrected chi connectivity index (χ3v) is 4.22. The Kier molecular flexibility index (Phi) is 6.80. The Balaban J connectivity index is 2.03. The largest absolute Gasteiger partial charge is 0.480 e. The molecule has 0 radical (unpaired) electrons. The van der Waals surface area contributed by atoms with E-state index in [4.69, 9.17) is 9.47 Å². The molecule has 0 saturated carbocycles. The third kappa shape index (κ3) is 5.75. The zero-order valence-corrected chi connectivity index (χ0v) is 18.0. The van der Waals surface area contributed by atoms with Crippen molar-refractivity contribution in [2.45, 2.75) is 20.0 Å². The van der Waals surface area contributed by atoms with E-state index in [1.807, 2.05) is 0 Å². The van der Waals surface area contributed by atoms with Crippen LogP contribution in [0.15, 0.2) is 30.5 Å². The van der Waals surface area contributed by atoms with E-state index < -0.39 is 17.6 Å². The monoisotopic (exact) mass is 463 g/mol. The number of alkyl halides is 3. The lowest BCUT2D eigenvalue weighted by molar-refractivity contribution is -0.137. The van der Waals surface area contributed by atoms with Crippen molar-refractivity contribution in [1.82, 2.24) is 20.2 Å². The SMILES string of the molecule is COc1cc(Nc2ncc(C(F)(F)F)c(Nc3ccc(C)cc3NC(C)=O)n2)c(OC)nn1. The number of amides is 1. The molecule has 2 heterocycles. The molecule has 0 saturated heterocycles. The molecule has 13 heteroatoms. The fraction of sp³-hybridized carbons (Fsp3) is 0.250. The molecule has 174 valence electrons. The fourth-order valence-corrected chi connectivity index (χ4v) is 2.76. The number of hydrogen-bond acceptors (Lipinski definition) is 9. The van der Waals surface area contributed by atoms with E-state index in [1.165, 1.54) is 33.3 Å². The average Bonchev–Trinajstić information content (AvgIpc) is 2.74. The van der Waals surface area contributed by atoms with Crippen LogP contribution >= 0.6 is 0 Å². The van der Waals surface area contributed by atoms with Crippen LogP contribution in [0.25, 0.3) is 0 Å². The van der Waals surface area contributed by atoms with Gasteiger partial charge in [0, 0.05) is 19.2 Å². The summed E-state index contributed by atoms with van der Waals surface area (Å²) in [4.78, 5) is 19.3. The van der Waals surface area contributed by atoms with E-state index in [0.717, 1.165) is 5.56 Å². The lowest BCUT2D eigenvalue weighted by Gasteiger charge is -2.17. The first-order valence-electron chi connectivity index (χ1n) is 9.43. The molecule has 2 aromatic heterocycles. The zero-order valence-electron chi connectivity index (χ0n) is 18.0. The second kappa shape index (κ2) is 9.54. The molecule has 3 rings (SSSR count). The van der Waals surface area contributed by atoms with Crippen LogP contribution < -0.4 is 25.4 Å². The first-order chi connectivity index (χ1) is 15.6. The number of anilines is 5. The van der Waals surface area contributed by atoms with E-state index >= 15 is 0 Å². The van der Waals surface area contributed by atoms with Crippen LogP contribution in [0.1, 0.15) is 18.1 Å². The fourth-order valence-electron chi connectivity index (χ4n) is 2.76. The molecule has 0 fully saturated rings. The summed E-state index contributed by atoms with van der Waals surface area (Å²) in [5.74, 6) is -0.880. The Labute approximate surface area is 186 Å². The summed E-state index contributed by atoms with van der Waals surface area (Å²) in [6.45, 7) is 3.08. The second-order valence-corrected chi connectivity index (χ2v) is 6.74. The molecule has 0 atom stereocenters. The number of benzene rings is 1. The Morgan fingerprint density at radius 3 is 2.39 bits per heavy atom. The minimum Gasteiger partial charge on any atom is -0.480 e. The predicted molar refractivity (Wildman–Crippen MR) is 114 cm³/mol. The van der Waals surface area contributed by atoms with Gasteiger partial charge in [0.25, 0.3) is 5.88 Å². The molecule has 0 unspecified atom stereocenters. The van der Waals surface area contributed by atoms with Crippen LogP contribution in [0.5, 0.6) is 11.8 Å². The maximum atomic E-state index is 13.6. The smallest absolute Gasteiger partial charge is 0.421 e. The highest BCUT2D eigenvalue weighted by molar-refractivity contribution is 5.93. The van der Waals surface area contributed by atoms with Crippen LogP contribution in [0, 0.1) is 6.92 Å². The maximum Gasteiger partial charge on any atom is 0.421 e. The van der Waals surface area contributed by atoms with E-state index in [9.17, 15) is 18.0 Å². The van der Waals surface area contributed by atoms with Crippen molar-refractivity contribution in [3.8, 4) is 11.8 Å². The molecular formula is C20H20F3N7O3. The minimum atomic E-state index is -4.74. The molecule has 3 N–H and O–H groups in total. The number of ether oxygens (including phenoxy) is 2. The summed E-state index contributed by atoms with van der Waals surface area (Å²) >= 11 is 0. The summed E-state index contributed by atoms with van der Waals surface area (Å²) in [7, 11) is 2.73. The molecule has 0 bridgehead atoms. The van der Waals surface area contributed by atoms with Crippen LogP contribution in [-0.2, 0) is 11.0 Å². The lowest BCUT2D eigenvalue weighted by Crippen LogP contribution is -2.14. The van der Waals surface area contributed by atoms with Crippen molar-refractivity contribution in [2.75, 3.05) is 30.2 Å². The van der Waals surface area contributed by atoms with Crippen LogP contribution in [-0.4, -0.2) is 40.3 Å². The van der Waals surface area contributed by atoms with Gasteiger partial charge in [-0.05, 0) is 24.6 Å². The minimum absolute atomic E-state index is 0.0558. The van der Waals surface area contributed by atoms with Crippen molar-refractivity contribution < 1.29 is 27.4 Å². The molecular weight excluding hydrogens is 443 g/mol. The number of nitrogens with one attached hydrogen (secondary N) is 3. The van der Waals surface area contributed by atoms with Crippen molar-refractivity contribution >= 4 is 34.7 Å². The Bertz CT molecular complexity index is 1170. The van der Waals surface area contributed by atoms with Crippen molar-refractivity contribution in [2.24, 2.45) is 0 Å². The highest BCUT2D eigenvalue weighted by Gasteiger charge is 2.35. The highest BCUT2D eigenvalue weighted by Crippen LogP contribution is 2.37. The lowest BCUT2D eigenvalue weighted by atomic mass is 10.1. The molecule has 0 aliphatic heterocycles. The summed E-state index contributed by atoms with van der Waals surface area (Å²) < 4.78 is 51.0. The number of aromatic nitrogens is 4. The first-order valence-corrected chi connectivity index (χ1v) is 9.43. The number of carbonyl (C=O) groups excluding carboxylic acids is 1. The van der Waals surface area contributed by atoms with Gasteiger partial charge in [0.2, 0.25) is 17.7 Å². The number of rotatable bonds is 7. The Hall–Kier alpha value is -4.16. The van der Waals surface area contributed by atoms with Gasteiger partial charge in [0.05, 0.1) is 25.6 Å². The normalized spacial score (nSPS) is 11.0. The molecule has 1 aromatic carbocycles. The number of halogens is 3. The van der Waals surface area contributed by atoms with Crippen molar-refractivity contribution in [3.63, 3.8) is 0 Å². The summed E-state index contributed by atoms with van der Waals surface area (Å²) in [5, 5.41) is 15.6. The van der Waals surface area contributed by atoms with Gasteiger partial charge in [-0.15, -0.1) is 10.2 Å². The molecule has 0 spiro atoms. The summed E-state index contributed by atoms with van der Waals surface area (Å²) in [5.41, 5.74) is 0.449. The summed E-state index contributed by atoms with van der Waals surface area (Å²) in [6.07, 6.45) is -4.10. The van der Waals surface area contributed by atoms with Crippen LogP contribution in [0.2, 0.25) is 0 Å². The maximum absolute atomic E-state index is 13.6. The quantitative estimate of drug-likeness (QED) is 0.476. The Morgan fingerprint density at radius 1 is 1.00 bits per heavy atom. The second-order valence-electron chi connectivity index (χ2n) is 6.74. The van der Waals surface area contributed by atoms with Crippen LogP contribution in [0.3, 0.4) is 0 Å². The van der Waals surface area contributed by atoms with Gasteiger partial charge >= 0.3 is 6.18 Å². The molecule has 1 amide bonds. The molecule has 3 aromatic rings. The van der Waals surface area contributed by atoms with Crippen LogP contribution in [0.4, 0.5) is 42.0 Å². The number of carbonyl (C=O) groups is 1. The first kappa shape index (κ1) is 23.5. The van der Waals surface area contributed by atoms with Crippen molar-refractivity contribution in [1.29, 1.82) is 0 Å². The van der Waals surface area contributed by atoms with E-state index in [0.29, 0.717) is 11.9 Å². The number of methoxy groups -OCH3 is 2. The standard InChI is InChI=1S/C20H20F3N7O3/c1-10-5-6-13(14(7-10)25-11(2)31)26-17-12(20(21,22)23)9-24-19(28-17)27-15-8-16(32-3)29-30-18(15)33-4/h5-9H,1-4H3,(H,25,31)(H2,24,26,27,28,29). The Morgan fingerprint density at radius 2 is 1.76 bits per heavy atom. The molecule has 0 aliphatic rings. The van der Waals surface area contributed by atoms with Gasteiger partial charge in [-0.2, -0.15) is 18.2 Å². The molecule has 10 nitrogen and oxygen atoms in total. The van der Waals surface area contributed by atoms with E-state index in [-0.39, 0.29) is 35.0 Å². The molecule has 33 heavy (non-hydrogen) atoms. The number of aryl methyl sites for hydroxylation is 1. The number of hydrogen-bond donors (Lipinski definition) is 3. The zero-order chi connectivity index (χ0) is 24.2. The van der Waals surface area contributed by atoms with Gasteiger partial charge in [-0.1, -0.05) is 6.07 Å². The summed E-state index contributed by atoms with van der Waals surface area (Å²) in [6, 6.07) is 6.27. The van der Waals surface area contributed by atoms with Gasteiger partial charge < -0.3 is 25.4 Å². The van der Waals surface area contributed by atoms with Gasteiger partial charge in [-0.3, -0.25) is 4.79 Å². The van der Waals surface area contributed by atoms with Gasteiger partial charge in [-0.25, -0.2) is 4.98 Å². The van der Waals surface area contributed by atoms with Gasteiger partial charge in [0.1, 0.15) is 17.1 Å². The third-order valence-electron chi connectivity index (χ3n) is 4.22. The average molecular weight is 463 g/mol. The predicted octanol–water partition coefficient (Wildman–Crippen LogP) is 4.06. The van der Waals surface area contributed by atoms with Gasteiger partial charge in [0.15, 0.2) is 0 Å². The van der Waals surface area contributed by atoms with Crippen molar-refractivity contribution in [3.05, 3.63) is 41.6 Å².